The Kier molecular flexibility index (Phi) is 6.13. The summed E-state index contributed by atoms with van der Waals surface area (Å²) in [5, 5.41) is 2.69. The third kappa shape index (κ3) is 3.84. The maximum absolute atomic E-state index is 13.3. The number of esters is 1. The van der Waals surface area contributed by atoms with E-state index in [-0.39, 0.29) is 11.3 Å². The SMILES string of the molecule is C=CCn1c(SC(C)C(=O)c2[nH]c(C)c(C(=O)OC)c2C)nc2scc(C3CC3)c2c1=O. The zero-order chi connectivity index (χ0) is 23.2. The number of H-pyrrole nitrogens is 1. The highest BCUT2D eigenvalue weighted by Crippen LogP contribution is 2.44. The molecule has 0 aromatic carbocycles. The Morgan fingerprint density at radius 1 is 1.44 bits per heavy atom. The molecule has 7 nitrogen and oxygen atoms in total. The first-order valence-electron chi connectivity index (χ1n) is 10.4. The van der Waals surface area contributed by atoms with Crippen LogP contribution in [0.25, 0.3) is 10.2 Å². The lowest BCUT2D eigenvalue weighted by atomic mass is 10.1. The standard InChI is InChI=1S/C23H25N3O4S2/c1-6-9-26-21(28)17-15(14-7-8-14)10-31-20(17)25-23(26)32-13(4)19(27)18-11(2)16(12(3)24-18)22(29)30-5/h6,10,13-14,24H,1,7-9H2,2-5H3. The number of hydrogen-bond acceptors (Lipinski definition) is 7. The van der Waals surface area contributed by atoms with Crippen LogP contribution in [-0.2, 0) is 11.3 Å². The van der Waals surface area contributed by atoms with Gasteiger partial charge in [0, 0.05) is 12.2 Å². The summed E-state index contributed by atoms with van der Waals surface area (Å²) in [4.78, 5) is 47.1. The second-order valence-electron chi connectivity index (χ2n) is 7.99. The molecular weight excluding hydrogens is 446 g/mol. The van der Waals surface area contributed by atoms with Gasteiger partial charge in [-0.1, -0.05) is 17.8 Å². The number of methoxy groups -OCH3 is 1. The largest absolute Gasteiger partial charge is 0.465 e. The van der Waals surface area contributed by atoms with Gasteiger partial charge in [0.2, 0.25) is 0 Å². The van der Waals surface area contributed by atoms with E-state index in [9.17, 15) is 14.4 Å². The maximum atomic E-state index is 13.3. The van der Waals surface area contributed by atoms with E-state index in [2.05, 4.69) is 11.6 Å². The fraction of sp³-hybridized carbons (Fsp3) is 0.391. The molecule has 0 aliphatic heterocycles. The predicted molar refractivity (Wildman–Crippen MR) is 127 cm³/mol. The number of nitrogens with one attached hydrogen (secondary N) is 1. The van der Waals surface area contributed by atoms with Crippen molar-refractivity contribution in [2.24, 2.45) is 0 Å². The van der Waals surface area contributed by atoms with E-state index in [0.29, 0.717) is 50.4 Å². The average molecular weight is 472 g/mol. The number of ketones is 1. The Balaban J connectivity index is 1.69. The van der Waals surface area contributed by atoms with Gasteiger partial charge in [-0.05, 0) is 56.0 Å². The Morgan fingerprint density at radius 2 is 2.16 bits per heavy atom. The van der Waals surface area contributed by atoms with Crippen LogP contribution in [0.4, 0.5) is 0 Å². The third-order valence-corrected chi connectivity index (χ3v) is 7.72. The maximum Gasteiger partial charge on any atom is 0.339 e. The fourth-order valence-corrected chi connectivity index (χ4v) is 5.96. The molecule has 3 heterocycles. The molecule has 1 atom stereocenters. The molecule has 3 aromatic rings. The van der Waals surface area contributed by atoms with Gasteiger partial charge in [-0.25, -0.2) is 9.78 Å². The van der Waals surface area contributed by atoms with Crippen molar-refractivity contribution in [2.75, 3.05) is 7.11 Å². The topological polar surface area (TPSA) is 94.1 Å². The van der Waals surface area contributed by atoms with Crippen LogP contribution in [0.1, 0.15) is 63.4 Å². The summed E-state index contributed by atoms with van der Waals surface area (Å²) in [6.45, 7) is 9.33. The molecule has 32 heavy (non-hydrogen) atoms. The van der Waals surface area contributed by atoms with Crippen molar-refractivity contribution in [3.63, 3.8) is 0 Å². The number of ether oxygens (including phenoxy) is 1. The normalized spacial score (nSPS) is 14.5. The highest BCUT2D eigenvalue weighted by Gasteiger charge is 2.30. The molecule has 1 saturated carbocycles. The molecule has 0 spiro atoms. The first-order chi connectivity index (χ1) is 15.3. The number of allylic oxidation sites excluding steroid dienone is 1. The molecule has 1 fully saturated rings. The van der Waals surface area contributed by atoms with Crippen LogP contribution in [0.15, 0.2) is 28.0 Å². The Hall–Kier alpha value is -2.65. The predicted octanol–water partition coefficient (Wildman–Crippen LogP) is 4.62. The summed E-state index contributed by atoms with van der Waals surface area (Å²) < 4.78 is 6.43. The van der Waals surface area contributed by atoms with Gasteiger partial charge in [0.15, 0.2) is 10.9 Å². The molecule has 0 saturated heterocycles. The number of thiophene rings is 1. The lowest BCUT2D eigenvalue weighted by Crippen LogP contribution is -2.25. The number of nitrogens with zero attached hydrogens (tertiary/aromatic N) is 2. The zero-order valence-corrected chi connectivity index (χ0v) is 20.1. The van der Waals surface area contributed by atoms with E-state index in [1.54, 1.807) is 31.4 Å². The van der Waals surface area contributed by atoms with Gasteiger partial charge in [0.05, 0.1) is 29.0 Å². The average Bonchev–Trinajstić information content (AvgIpc) is 3.45. The van der Waals surface area contributed by atoms with Crippen molar-refractivity contribution in [3.8, 4) is 0 Å². The number of carbonyl (C=O) groups is 2. The number of aromatic amines is 1. The van der Waals surface area contributed by atoms with Crippen LogP contribution in [0.5, 0.6) is 0 Å². The van der Waals surface area contributed by atoms with Gasteiger partial charge in [0.25, 0.3) is 5.56 Å². The molecule has 1 unspecified atom stereocenters. The summed E-state index contributed by atoms with van der Waals surface area (Å²) in [7, 11) is 1.31. The Labute approximate surface area is 193 Å². The number of fused-ring (bicyclic) bond motifs is 1. The van der Waals surface area contributed by atoms with E-state index in [1.807, 2.05) is 5.38 Å². The van der Waals surface area contributed by atoms with E-state index >= 15 is 0 Å². The Morgan fingerprint density at radius 3 is 2.78 bits per heavy atom. The van der Waals surface area contributed by atoms with Crippen molar-refractivity contribution in [2.45, 2.75) is 56.5 Å². The van der Waals surface area contributed by atoms with Gasteiger partial charge in [-0.3, -0.25) is 14.2 Å². The lowest BCUT2D eigenvalue weighted by molar-refractivity contribution is 0.0599. The van der Waals surface area contributed by atoms with Crippen molar-refractivity contribution in [3.05, 3.63) is 56.5 Å². The molecule has 9 heteroatoms. The molecular formula is C23H25N3O4S2. The summed E-state index contributed by atoms with van der Waals surface area (Å²) in [6, 6.07) is 0. The van der Waals surface area contributed by atoms with Crippen molar-refractivity contribution in [1.29, 1.82) is 0 Å². The van der Waals surface area contributed by atoms with E-state index in [0.717, 1.165) is 18.4 Å². The number of thioether (sulfide) groups is 1. The molecule has 168 valence electrons. The minimum Gasteiger partial charge on any atom is -0.465 e. The third-order valence-electron chi connectivity index (χ3n) is 5.74. The van der Waals surface area contributed by atoms with Crippen molar-refractivity contribution >= 4 is 45.1 Å². The van der Waals surface area contributed by atoms with Gasteiger partial charge in [-0.15, -0.1) is 17.9 Å². The minimum atomic E-state index is -0.527. The van der Waals surface area contributed by atoms with Crippen LogP contribution in [0.3, 0.4) is 0 Å². The molecule has 1 aliphatic carbocycles. The van der Waals surface area contributed by atoms with Gasteiger partial charge >= 0.3 is 5.97 Å². The monoisotopic (exact) mass is 471 g/mol. The highest BCUT2D eigenvalue weighted by molar-refractivity contribution is 8.00. The first kappa shape index (κ1) is 22.5. The summed E-state index contributed by atoms with van der Waals surface area (Å²) in [6.07, 6.45) is 3.88. The molecule has 3 aromatic heterocycles. The number of Topliss-reactive ketones (excluding diaryl/α,β-unsaturated/α-hetero) is 1. The molecule has 0 radical (unpaired) electrons. The number of aryl methyl sites for hydroxylation is 1. The zero-order valence-electron chi connectivity index (χ0n) is 18.5. The minimum absolute atomic E-state index is 0.0833. The van der Waals surface area contributed by atoms with Crippen LogP contribution < -0.4 is 5.56 Å². The van der Waals surface area contributed by atoms with E-state index in [4.69, 9.17) is 9.72 Å². The Bertz CT molecular complexity index is 1300. The molecule has 0 amide bonds. The van der Waals surface area contributed by atoms with Gasteiger partial charge in [0.1, 0.15) is 4.83 Å². The smallest absolute Gasteiger partial charge is 0.339 e. The van der Waals surface area contributed by atoms with Crippen LogP contribution in [0, 0.1) is 13.8 Å². The number of carbonyl (C=O) groups excluding carboxylic acids is 2. The molecule has 4 rings (SSSR count). The number of aromatic nitrogens is 3. The summed E-state index contributed by atoms with van der Waals surface area (Å²) >= 11 is 2.71. The quantitative estimate of drug-likeness (QED) is 0.169. The summed E-state index contributed by atoms with van der Waals surface area (Å²) in [5.74, 6) is -0.195. The van der Waals surface area contributed by atoms with E-state index < -0.39 is 11.2 Å². The van der Waals surface area contributed by atoms with Gasteiger partial charge in [-0.2, -0.15) is 0 Å². The van der Waals surface area contributed by atoms with E-state index in [1.165, 1.54) is 30.2 Å². The number of hydrogen-bond donors (Lipinski definition) is 1. The first-order valence-corrected chi connectivity index (χ1v) is 12.2. The number of rotatable bonds is 8. The summed E-state index contributed by atoms with van der Waals surface area (Å²) in [5.41, 5.74) is 2.90. The van der Waals surface area contributed by atoms with Gasteiger partial charge < -0.3 is 9.72 Å². The van der Waals surface area contributed by atoms with Crippen molar-refractivity contribution in [1.82, 2.24) is 14.5 Å². The molecule has 0 bridgehead atoms. The second kappa shape index (κ2) is 8.71. The van der Waals surface area contributed by atoms with Crippen LogP contribution in [0.2, 0.25) is 0 Å². The second-order valence-corrected chi connectivity index (χ2v) is 10.2. The fourth-order valence-electron chi connectivity index (χ4n) is 3.92. The van der Waals surface area contributed by atoms with Crippen LogP contribution >= 0.6 is 23.1 Å². The van der Waals surface area contributed by atoms with Crippen LogP contribution in [-0.4, -0.2) is 38.6 Å². The lowest BCUT2D eigenvalue weighted by Gasteiger charge is -2.14. The highest BCUT2D eigenvalue weighted by atomic mass is 32.2. The molecule has 1 N–H and O–H groups in total. The molecule has 1 aliphatic rings. The van der Waals surface area contributed by atoms with Crippen molar-refractivity contribution < 1.29 is 14.3 Å².